The summed E-state index contributed by atoms with van der Waals surface area (Å²) in [6.07, 6.45) is 0.180. The van der Waals surface area contributed by atoms with E-state index in [9.17, 15) is 4.39 Å². The first-order valence-electron chi connectivity index (χ1n) is 6.67. The van der Waals surface area contributed by atoms with Crippen LogP contribution < -0.4 is 5.73 Å². The first-order chi connectivity index (χ1) is 8.52. The van der Waals surface area contributed by atoms with Crippen molar-refractivity contribution >= 4 is 0 Å². The van der Waals surface area contributed by atoms with Gasteiger partial charge in [0.05, 0.1) is 0 Å². The molecule has 3 atom stereocenters. The van der Waals surface area contributed by atoms with E-state index in [1.54, 1.807) is 6.92 Å². The molecule has 0 aliphatic carbocycles. The average molecular weight is 250 g/mol. The molecule has 0 radical (unpaired) electrons. The Morgan fingerprint density at radius 1 is 1.50 bits per heavy atom. The van der Waals surface area contributed by atoms with Crippen LogP contribution in [0.5, 0.6) is 0 Å². The summed E-state index contributed by atoms with van der Waals surface area (Å²) in [4.78, 5) is 2.34. The van der Waals surface area contributed by atoms with Crippen LogP contribution in [0.1, 0.15) is 42.2 Å². The normalized spacial score (nSPS) is 26.5. The standard InChI is InChI=1S/C15H23FN2/c1-10-4-5-13(11(2)16)7-14(10)15-6-12(8-17)9-18(15)3/h4-5,7,11-12,15H,6,8-9,17H2,1-3H3. The Bertz CT molecular complexity index is 417. The molecule has 2 rings (SSSR count). The molecule has 18 heavy (non-hydrogen) atoms. The molecule has 1 saturated heterocycles. The fourth-order valence-corrected chi connectivity index (χ4v) is 2.91. The van der Waals surface area contributed by atoms with Gasteiger partial charge in [0.2, 0.25) is 0 Å². The van der Waals surface area contributed by atoms with Crippen LogP contribution in [0.4, 0.5) is 4.39 Å². The minimum Gasteiger partial charge on any atom is -0.330 e. The lowest BCUT2D eigenvalue weighted by Gasteiger charge is -2.22. The Hall–Kier alpha value is -0.930. The molecule has 3 unspecified atom stereocenters. The highest BCUT2D eigenvalue weighted by Gasteiger charge is 2.30. The summed E-state index contributed by atoms with van der Waals surface area (Å²) >= 11 is 0. The van der Waals surface area contributed by atoms with Gasteiger partial charge in [-0.05, 0) is 56.5 Å². The zero-order valence-electron chi connectivity index (χ0n) is 11.5. The van der Waals surface area contributed by atoms with Crippen molar-refractivity contribution in [3.8, 4) is 0 Å². The summed E-state index contributed by atoms with van der Waals surface area (Å²) in [7, 11) is 2.13. The van der Waals surface area contributed by atoms with Crippen molar-refractivity contribution in [3.63, 3.8) is 0 Å². The molecule has 100 valence electrons. The summed E-state index contributed by atoms with van der Waals surface area (Å²) in [6.45, 7) is 5.47. The molecule has 2 nitrogen and oxygen atoms in total. The van der Waals surface area contributed by atoms with Crippen molar-refractivity contribution in [2.45, 2.75) is 32.5 Å². The maximum atomic E-state index is 13.4. The second-order valence-electron chi connectivity index (χ2n) is 5.52. The smallest absolute Gasteiger partial charge is 0.122 e. The molecular formula is C15H23FN2. The van der Waals surface area contributed by atoms with Crippen molar-refractivity contribution in [1.29, 1.82) is 0 Å². The molecule has 1 aliphatic heterocycles. The molecule has 3 heteroatoms. The van der Waals surface area contributed by atoms with Crippen LogP contribution in [-0.4, -0.2) is 25.0 Å². The third-order valence-electron chi connectivity index (χ3n) is 4.09. The van der Waals surface area contributed by atoms with E-state index in [2.05, 4.69) is 18.9 Å². The molecule has 1 aliphatic rings. The number of nitrogens with two attached hydrogens (primary N) is 1. The topological polar surface area (TPSA) is 29.3 Å². The molecule has 0 aromatic heterocycles. The zero-order valence-corrected chi connectivity index (χ0v) is 11.5. The average Bonchev–Trinajstić information content (AvgIpc) is 2.71. The lowest BCUT2D eigenvalue weighted by Crippen LogP contribution is -2.21. The zero-order chi connectivity index (χ0) is 13.3. The van der Waals surface area contributed by atoms with Gasteiger partial charge >= 0.3 is 0 Å². The second kappa shape index (κ2) is 5.37. The van der Waals surface area contributed by atoms with Gasteiger partial charge in [0, 0.05) is 12.6 Å². The molecule has 0 saturated carbocycles. The number of hydrogen-bond acceptors (Lipinski definition) is 2. The van der Waals surface area contributed by atoms with E-state index in [1.165, 1.54) is 11.1 Å². The predicted molar refractivity (Wildman–Crippen MR) is 73.2 cm³/mol. The Balaban J connectivity index is 2.30. The number of nitrogens with zero attached hydrogens (tertiary/aromatic N) is 1. The minimum atomic E-state index is -0.902. The van der Waals surface area contributed by atoms with E-state index in [0.29, 0.717) is 12.0 Å². The quantitative estimate of drug-likeness (QED) is 0.893. The maximum Gasteiger partial charge on any atom is 0.122 e. The summed E-state index contributed by atoms with van der Waals surface area (Å²) < 4.78 is 13.4. The summed E-state index contributed by atoms with van der Waals surface area (Å²) in [5, 5.41) is 0. The third kappa shape index (κ3) is 2.57. The fraction of sp³-hybridized carbons (Fsp3) is 0.600. The fourth-order valence-electron chi connectivity index (χ4n) is 2.91. The number of hydrogen-bond donors (Lipinski definition) is 1. The van der Waals surface area contributed by atoms with Crippen LogP contribution >= 0.6 is 0 Å². The molecule has 0 bridgehead atoms. The lowest BCUT2D eigenvalue weighted by molar-refractivity contribution is 0.312. The Morgan fingerprint density at radius 3 is 2.78 bits per heavy atom. The van der Waals surface area contributed by atoms with E-state index in [0.717, 1.165) is 25.1 Å². The Labute approximate surface area is 109 Å². The van der Waals surface area contributed by atoms with Crippen LogP contribution in [-0.2, 0) is 0 Å². The van der Waals surface area contributed by atoms with Crippen molar-refractivity contribution in [1.82, 2.24) is 4.90 Å². The van der Waals surface area contributed by atoms with Gasteiger partial charge in [0.25, 0.3) is 0 Å². The van der Waals surface area contributed by atoms with E-state index >= 15 is 0 Å². The highest BCUT2D eigenvalue weighted by Crippen LogP contribution is 2.36. The van der Waals surface area contributed by atoms with Crippen molar-refractivity contribution in [2.75, 3.05) is 20.1 Å². The van der Waals surface area contributed by atoms with Crippen molar-refractivity contribution < 1.29 is 4.39 Å². The monoisotopic (exact) mass is 250 g/mol. The number of benzene rings is 1. The van der Waals surface area contributed by atoms with Gasteiger partial charge in [-0.1, -0.05) is 18.2 Å². The minimum absolute atomic E-state index is 0.386. The largest absolute Gasteiger partial charge is 0.330 e. The molecule has 0 spiro atoms. The first-order valence-corrected chi connectivity index (χ1v) is 6.67. The van der Waals surface area contributed by atoms with Gasteiger partial charge in [0.15, 0.2) is 0 Å². The van der Waals surface area contributed by atoms with Crippen LogP contribution in [0.25, 0.3) is 0 Å². The third-order valence-corrected chi connectivity index (χ3v) is 4.09. The van der Waals surface area contributed by atoms with Gasteiger partial charge in [0.1, 0.15) is 6.17 Å². The molecule has 1 fully saturated rings. The number of aryl methyl sites for hydroxylation is 1. The van der Waals surface area contributed by atoms with Crippen LogP contribution in [0.3, 0.4) is 0 Å². The lowest BCUT2D eigenvalue weighted by atomic mass is 9.94. The number of likely N-dealkylation sites (tertiary alicyclic amines) is 1. The van der Waals surface area contributed by atoms with Crippen molar-refractivity contribution in [3.05, 3.63) is 34.9 Å². The molecule has 1 aromatic carbocycles. The summed E-state index contributed by atoms with van der Waals surface area (Å²) in [5.41, 5.74) is 9.05. The number of rotatable bonds is 3. The number of alkyl halides is 1. The SMILES string of the molecule is Cc1ccc(C(C)F)cc1C1CC(CN)CN1C. The summed E-state index contributed by atoms with van der Waals surface area (Å²) in [6, 6.07) is 6.33. The number of halogens is 1. The molecular weight excluding hydrogens is 227 g/mol. The molecule has 1 aromatic rings. The van der Waals surface area contributed by atoms with E-state index in [-0.39, 0.29) is 0 Å². The highest BCUT2D eigenvalue weighted by molar-refractivity contribution is 5.35. The Kier molecular flexibility index (Phi) is 4.03. The van der Waals surface area contributed by atoms with Gasteiger partial charge in [-0.25, -0.2) is 4.39 Å². The van der Waals surface area contributed by atoms with E-state index in [1.807, 2.05) is 18.2 Å². The highest BCUT2D eigenvalue weighted by atomic mass is 19.1. The summed E-state index contributed by atoms with van der Waals surface area (Å²) in [5.74, 6) is 0.561. The van der Waals surface area contributed by atoms with Gasteiger partial charge < -0.3 is 5.73 Å². The van der Waals surface area contributed by atoms with E-state index < -0.39 is 6.17 Å². The molecule has 2 N–H and O–H groups in total. The van der Waals surface area contributed by atoms with Gasteiger partial charge in [-0.2, -0.15) is 0 Å². The molecule has 0 amide bonds. The van der Waals surface area contributed by atoms with Crippen LogP contribution in [0, 0.1) is 12.8 Å². The maximum absolute atomic E-state index is 13.4. The van der Waals surface area contributed by atoms with Crippen LogP contribution in [0.15, 0.2) is 18.2 Å². The molecule has 1 heterocycles. The first kappa shape index (κ1) is 13.5. The van der Waals surface area contributed by atoms with E-state index in [4.69, 9.17) is 5.73 Å². The second-order valence-corrected chi connectivity index (χ2v) is 5.52. The Morgan fingerprint density at radius 2 is 2.22 bits per heavy atom. The van der Waals surface area contributed by atoms with Gasteiger partial charge in [-0.15, -0.1) is 0 Å². The van der Waals surface area contributed by atoms with Gasteiger partial charge in [-0.3, -0.25) is 4.90 Å². The predicted octanol–water partition coefficient (Wildman–Crippen LogP) is 2.98. The van der Waals surface area contributed by atoms with Crippen LogP contribution in [0.2, 0.25) is 0 Å². The van der Waals surface area contributed by atoms with Crippen molar-refractivity contribution in [2.24, 2.45) is 11.7 Å².